The number of nitrogens with zero attached hydrogens (tertiary/aromatic N) is 2. The molecule has 0 aliphatic heterocycles. The molecule has 0 atom stereocenters. The van der Waals surface area contributed by atoms with Crippen molar-refractivity contribution in [2.75, 3.05) is 11.9 Å². The fraction of sp³-hybridized carbons (Fsp3) is 0.200. The van der Waals surface area contributed by atoms with Crippen molar-refractivity contribution < 1.29 is 9.90 Å². The molecule has 20 heavy (non-hydrogen) atoms. The summed E-state index contributed by atoms with van der Waals surface area (Å²) in [4.78, 5) is 17.4. The lowest BCUT2D eigenvalue weighted by Gasteiger charge is -2.19. The van der Waals surface area contributed by atoms with Gasteiger partial charge in [-0.05, 0) is 36.8 Å². The molecule has 0 amide bonds. The van der Waals surface area contributed by atoms with Gasteiger partial charge in [0.15, 0.2) is 0 Å². The van der Waals surface area contributed by atoms with Gasteiger partial charge in [-0.2, -0.15) is 0 Å². The molecule has 0 saturated carbocycles. The number of hydrogen-bond donors (Lipinski definition) is 1. The first-order valence-electron chi connectivity index (χ1n) is 6.13. The molecule has 2 rings (SSSR count). The number of pyridine rings is 1. The Morgan fingerprint density at radius 2 is 1.95 bits per heavy atom. The van der Waals surface area contributed by atoms with Crippen LogP contribution in [0.15, 0.2) is 40.9 Å². The number of carboxylic acids is 1. The van der Waals surface area contributed by atoms with Crippen LogP contribution in [0, 0.1) is 6.92 Å². The second-order valence-corrected chi connectivity index (χ2v) is 5.56. The Morgan fingerprint density at radius 1 is 1.30 bits per heavy atom. The number of halogens is 1. The molecule has 0 unspecified atom stereocenters. The Balaban J connectivity index is 2.22. The number of carboxylic acid groups (broad SMARTS) is 1. The van der Waals surface area contributed by atoms with Crippen LogP contribution in [-0.2, 0) is 6.54 Å². The third-order valence-corrected chi connectivity index (χ3v) is 3.44. The van der Waals surface area contributed by atoms with Crippen molar-refractivity contribution in [3.8, 4) is 0 Å². The summed E-state index contributed by atoms with van der Waals surface area (Å²) in [6.45, 7) is 2.46. The molecule has 4 nitrogen and oxygen atoms in total. The number of hydrogen-bond acceptors (Lipinski definition) is 3. The molecule has 1 aromatic heterocycles. The van der Waals surface area contributed by atoms with Gasteiger partial charge in [0, 0.05) is 23.8 Å². The van der Waals surface area contributed by atoms with Crippen LogP contribution in [0.2, 0.25) is 0 Å². The SMILES string of the molecule is Cc1cc(C(=O)O)cc(N(C)Cc2ccc(Br)cc2)n1. The second-order valence-electron chi connectivity index (χ2n) is 4.64. The highest BCUT2D eigenvalue weighted by Crippen LogP contribution is 2.17. The minimum absolute atomic E-state index is 0.259. The molecule has 0 saturated heterocycles. The van der Waals surface area contributed by atoms with Crippen LogP contribution in [0.5, 0.6) is 0 Å². The molecule has 104 valence electrons. The number of aromatic nitrogens is 1. The zero-order valence-electron chi connectivity index (χ0n) is 11.3. The zero-order chi connectivity index (χ0) is 14.7. The average Bonchev–Trinajstić information content (AvgIpc) is 2.40. The van der Waals surface area contributed by atoms with E-state index in [0.717, 1.165) is 10.0 Å². The average molecular weight is 335 g/mol. The third kappa shape index (κ3) is 3.57. The minimum atomic E-state index is -0.936. The largest absolute Gasteiger partial charge is 0.478 e. The Bertz CT molecular complexity index is 626. The first kappa shape index (κ1) is 14.5. The molecule has 0 aliphatic carbocycles. The van der Waals surface area contributed by atoms with E-state index in [9.17, 15) is 4.79 Å². The van der Waals surface area contributed by atoms with Gasteiger partial charge < -0.3 is 10.0 Å². The first-order valence-corrected chi connectivity index (χ1v) is 6.92. The molecule has 0 fully saturated rings. The van der Waals surface area contributed by atoms with E-state index < -0.39 is 5.97 Å². The maximum atomic E-state index is 11.1. The zero-order valence-corrected chi connectivity index (χ0v) is 12.9. The van der Waals surface area contributed by atoms with Gasteiger partial charge in [-0.15, -0.1) is 0 Å². The third-order valence-electron chi connectivity index (χ3n) is 2.91. The lowest BCUT2D eigenvalue weighted by molar-refractivity contribution is 0.0696. The van der Waals surface area contributed by atoms with E-state index in [0.29, 0.717) is 18.1 Å². The van der Waals surface area contributed by atoms with E-state index in [2.05, 4.69) is 20.9 Å². The lowest BCUT2D eigenvalue weighted by atomic mass is 10.2. The van der Waals surface area contributed by atoms with Gasteiger partial charge in [-0.25, -0.2) is 9.78 Å². The Morgan fingerprint density at radius 3 is 2.55 bits per heavy atom. The minimum Gasteiger partial charge on any atom is -0.478 e. The van der Waals surface area contributed by atoms with E-state index in [1.165, 1.54) is 0 Å². The lowest BCUT2D eigenvalue weighted by Crippen LogP contribution is -2.18. The summed E-state index contributed by atoms with van der Waals surface area (Å²) >= 11 is 3.40. The molecule has 0 radical (unpaired) electrons. The van der Waals surface area contributed by atoms with Gasteiger partial charge in [0.05, 0.1) is 5.56 Å². The highest BCUT2D eigenvalue weighted by atomic mass is 79.9. The van der Waals surface area contributed by atoms with E-state index in [-0.39, 0.29) is 5.56 Å². The molecule has 0 aliphatic rings. The van der Waals surface area contributed by atoms with Gasteiger partial charge >= 0.3 is 5.97 Å². The normalized spacial score (nSPS) is 10.3. The number of aromatic carboxylic acids is 1. The van der Waals surface area contributed by atoms with Crippen molar-refractivity contribution in [3.05, 3.63) is 57.7 Å². The fourth-order valence-corrected chi connectivity index (χ4v) is 2.18. The number of carbonyl (C=O) groups is 1. The quantitative estimate of drug-likeness (QED) is 0.929. The van der Waals surface area contributed by atoms with Gasteiger partial charge in [0.25, 0.3) is 0 Å². The Hall–Kier alpha value is -1.88. The Kier molecular flexibility index (Phi) is 4.39. The van der Waals surface area contributed by atoms with Crippen LogP contribution in [0.3, 0.4) is 0 Å². The molecule has 1 aromatic carbocycles. The van der Waals surface area contributed by atoms with E-state index in [1.54, 1.807) is 19.1 Å². The highest BCUT2D eigenvalue weighted by molar-refractivity contribution is 9.10. The number of anilines is 1. The van der Waals surface area contributed by atoms with Gasteiger partial charge in [-0.1, -0.05) is 28.1 Å². The first-order chi connectivity index (χ1) is 9.45. The van der Waals surface area contributed by atoms with E-state index >= 15 is 0 Å². The van der Waals surface area contributed by atoms with Crippen LogP contribution < -0.4 is 4.90 Å². The monoisotopic (exact) mass is 334 g/mol. The number of rotatable bonds is 4. The maximum absolute atomic E-state index is 11.1. The summed E-state index contributed by atoms with van der Waals surface area (Å²) in [5, 5.41) is 9.08. The summed E-state index contributed by atoms with van der Waals surface area (Å²) in [6.07, 6.45) is 0. The molecule has 0 bridgehead atoms. The predicted octanol–water partition coefficient (Wildman–Crippen LogP) is 3.49. The standard InChI is InChI=1S/C15H15BrN2O2/c1-10-7-12(15(19)20)8-14(17-10)18(2)9-11-3-5-13(16)6-4-11/h3-8H,9H2,1-2H3,(H,19,20). The summed E-state index contributed by atoms with van der Waals surface area (Å²) in [5.41, 5.74) is 2.09. The van der Waals surface area contributed by atoms with Crippen LogP contribution in [0.25, 0.3) is 0 Å². The van der Waals surface area contributed by atoms with Gasteiger partial charge in [0.2, 0.25) is 0 Å². The molecule has 1 N–H and O–H groups in total. The van der Waals surface area contributed by atoms with Gasteiger partial charge in [-0.3, -0.25) is 0 Å². The van der Waals surface area contributed by atoms with Crippen molar-refractivity contribution >= 4 is 27.7 Å². The van der Waals surface area contributed by atoms with Crippen LogP contribution in [-0.4, -0.2) is 23.1 Å². The smallest absolute Gasteiger partial charge is 0.335 e. The number of aryl methyl sites for hydroxylation is 1. The summed E-state index contributed by atoms with van der Waals surface area (Å²) in [7, 11) is 1.90. The van der Waals surface area contributed by atoms with Crippen molar-refractivity contribution in [1.82, 2.24) is 4.98 Å². The van der Waals surface area contributed by atoms with E-state index in [1.807, 2.05) is 36.2 Å². The topological polar surface area (TPSA) is 53.4 Å². The number of benzene rings is 1. The molecular weight excluding hydrogens is 320 g/mol. The van der Waals surface area contributed by atoms with E-state index in [4.69, 9.17) is 5.11 Å². The second kappa shape index (κ2) is 6.05. The summed E-state index contributed by atoms with van der Waals surface area (Å²) < 4.78 is 1.03. The van der Waals surface area contributed by atoms with Crippen molar-refractivity contribution in [2.24, 2.45) is 0 Å². The fourth-order valence-electron chi connectivity index (χ4n) is 1.91. The van der Waals surface area contributed by atoms with Crippen molar-refractivity contribution in [2.45, 2.75) is 13.5 Å². The molecule has 0 spiro atoms. The Labute approximate surface area is 126 Å². The summed E-state index contributed by atoms with van der Waals surface area (Å²) in [5.74, 6) is -0.279. The predicted molar refractivity (Wildman–Crippen MR) is 82.2 cm³/mol. The van der Waals surface area contributed by atoms with Crippen LogP contribution in [0.1, 0.15) is 21.6 Å². The van der Waals surface area contributed by atoms with Crippen LogP contribution >= 0.6 is 15.9 Å². The molecule has 1 heterocycles. The van der Waals surface area contributed by atoms with Gasteiger partial charge in [0.1, 0.15) is 5.82 Å². The molecule has 5 heteroatoms. The molecular formula is C15H15BrN2O2. The highest BCUT2D eigenvalue weighted by Gasteiger charge is 2.10. The van der Waals surface area contributed by atoms with Crippen molar-refractivity contribution in [1.29, 1.82) is 0 Å². The van der Waals surface area contributed by atoms with Crippen molar-refractivity contribution in [3.63, 3.8) is 0 Å². The summed E-state index contributed by atoms with van der Waals surface area (Å²) in [6, 6.07) is 11.2. The maximum Gasteiger partial charge on any atom is 0.335 e. The van der Waals surface area contributed by atoms with Crippen LogP contribution in [0.4, 0.5) is 5.82 Å². The molecule has 2 aromatic rings.